The van der Waals surface area contributed by atoms with Gasteiger partial charge in [0.15, 0.2) is 11.6 Å². The first-order valence-corrected chi connectivity index (χ1v) is 12.2. The first-order chi connectivity index (χ1) is 15.0. The van der Waals surface area contributed by atoms with Crippen LogP contribution >= 0.6 is 0 Å². The van der Waals surface area contributed by atoms with Crippen molar-refractivity contribution in [1.29, 1.82) is 0 Å². The van der Waals surface area contributed by atoms with Crippen LogP contribution in [0, 0.1) is 17.6 Å². The molecule has 0 spiro atoms. The van der Waals surface area contributed by atoms with Gasteiger partial charge in [-0.2, -0.15) is 0 Å². The first-order valence-electron chi connectivity index (χ1n) is 10.4. The van der Waals surface area contributed by atoms with Crippen LogP contribution < -0.4 is 14.4 Å². The molecule has 2 aromatic rings. The van der Waals surface area contributed by atoms with Crippen LogP contribution in [0.5, 0.6) is 5.75 Å². The molecule has 0 radical (unpaired) electrons. The Balaban J connectivity index is 2.03. The summed E-state index contributed by atoms with van der Waals surface area (Å²) < 4.78 is 57.2. The van der Waals surface area contributed by atoms with Gasteiger partial charge in [-0.25, -0.2) is 17.2 Å². The van der Waals surface area contributed by atoms with Gasteiger partial charge in [0.1, 0.15) is 5.75 Å². The summed E-state index contributed by atoms with van der Waals surface area (Å²) in [6.07, 6.45) is 2.02. The Kier molecular flexibility index (Phi) is 9.00. The van der Waals surface area contributed by atoms with Crippen molar-refractivity contribution in [1.82, 2.24) is 5.32 Å². The van der Waals surface area contributed by atoms with Crippen molar-refractivity contribution in [2.75, 3.05) is 24.2 Å². The van der Waals surface area contributed by atoms with Gasteiger partial charge in [0.2, 0.25) is 15.9 Å². The third-order valence-electron chi connectivity index (χ3n) is 4.92. The lowest BCUT2D eigenvalue weighted by atomic mass is 9.96. The van der Waals surface area contributed by atoms with E-state index in [1.54, 1.807) is 7.11 Å². The van der Waals surface area contributed by atoms with Crippen LogP contribution in [0.15, 0.2) is 42.5 Å². The molecule has 176 valence electrons. The van der Waals surface area contributed by atoms with Gasteiger partial charge in [-0.05, 0) is 48.6 Å². The Morgan fingerprint density at radius 2 is 1.75 bits per heavy atom. The van der Waals surface area contributed by atoms with E-state index in [1.807, 2.05) is 24.3 Å². The summed E-state index contributed by atoms with van der Waals surface area (Å²) in [5, 5.41) is 3.01. The maximum absolute atomic E-state index is 13.6. The largest absolute Gasteiger partial charge is 0.497 e. The van der Waals surface area contributed by atoms with Crippen LogP contribution in [0.25, 0.3) is 0 Å². The highest BCUT2D eigenvalue weighted by Crippen LogP contribution is 2.24. The molecule has 0 heterocycles. The second-order valence-electron chi connectivity index (χ2n) is 8.06. The van der Waals surface area contributed by atoms with Gasteiger partial charge in [-0.1, -0.05) is 26.0 Å². The molecule has 0 aliphatic carbocycles. The summed E-state index contributed by atoms with van der Waals surface area (Å²) in [6, 6.07) is 10.2. The summed E-state index contributed by atoms with van der Waals surface area (Å²) in [4.78, 5) is 12.6. The van der Waals surface area contributed by atoms with Crippen molar-refractivity contribution in [3.8, 4) is 5.75 Å². The van der Waals surface area contributed by atoms with E-state index < -0.39 is 21.7 Å². The maximum atomic E-state index is 13.6. The van der Waals surface area contributed by atoms with Crippen LogP contribution in [0.2, 0.25) is 0 Å². The average Bonchev–Trinajstić information content (AvgIpc) is 2.72. The third-order valence-corrected chi connectivity index (χ3v) is 6.11. The zero-order valence-electron chi connectivity index (χ0n) is 18.8. The number of hydrogen-bond donors (Lipinski definition) is 1. The van der Waals surface area contributed by atoms with E-state index in [9.17, 15) is 22.0 Å². The predicted octanol–water partition coefficient (Wildman–Crippen LogP) is 4.42. The number of carbonyl (C=O) groups excluding carboxylic acids is 1. The number of anilines is 1. The molecule has 0 unspecified atom stereocenters. The van der Waals surface area contributed by atoms with Crippen LogP contribution in [0.4, 0.5) is 14.5 Å². The lowest BCUT2D eigenvalue weighted by Gasteiger charge is -2.24. The Hall–Kier alpha value is -2.68. The van der Waals surface area contributed by atoms with Crippen molar-refractivity contribution in [2.45, 2.75) is 39.2 Å². The number of amides is 1. The van der Waals surface area contributed by atoms with Crippen LogP contribution in [0.1, 0.15) is 44.7 Å². The second kappa shape index (κ2) is 11.3. The van der Waals surface area contributed by atoms with Gasteiger partial charge < -0.3 is 10.1 Å². The Labute approximate surface area is 188 Å². The molecule has 9 heteroatoms. The van der Waals surface area contributed by atoms with Gasteiger partial charge in [0, 0.05) is 19.0 Å². The molecular formula is C23H30F2N2O4S. The molecule has 2 aromatic carbocycles. The number of nitrogens with one attached hydrogen (secondary N) is 1. The normalized spacial score (nSPS) is 12.5. The van der Waals surface area contributed by atoms with Crippen LogP contribution in [-0.4, -0.2) is 34.2 Å². The quantitative estimate of drug-likeness (QED) is 0.530. The van der Waals surface area contributed by atoms with Crippen molar-refractivity contribution in [3.63, 3.8) is 0 Å². The minimum atomic E-state index is -3.73. The molecule has 1 N–H and O–H groups in total. The highest BCUT2D eigenvalue weighted by Gasteiger charge is 2.20. The monoisotopic (exact) mass is 468 g/mol. The van der Waals surface area contributed by atoms with E-state index in [1.165, 1.54) is 6.07 Å². The molecule has 32 heavy (non-hydrogen) atoms. The van der Waals surface area contributed by atoms with Crippen molar-refractivity contribution in [3.05, 3.63) is 59.7 Å². The lowest BCUT2D eigenvalue weighted by Crippen LogP contribution is -2.33. The molecule has 0 aliphatic heterocycles. The number of benzene rings is 2. The number of halogens is 2. The number of carbonyl (C=O) groups is 1. The van der Waals surface area contributed by atoms with Crippen molar-refractivity contribution < 1.29 is 26.7 Å². The van der Waals surface area contributed by atoms with Crippen molar-refractivity contribution >= 4 is 21.6 Å². The summed E-state index contributed by atoms with van der Waals surface area (Å²) in [6.45, 7) is 4.09. The zero-order valence-corrected chi connectivity index (χ0v) is 19.6. The molecule has 1 atom stereocenters. The van der Waals surface area contributed by atoms with Crippen LogP contribution in [-0.2, 0) is 14.8 Å². The number of nitrogens with zero attached hydrogens (tertiary/aromatic N) is 1. The lowest BCUT2D eigenvalue weighted by molar-refractivity contribution is -0.122. The summed E-state index contributed by atoms with van der Waals surface area (Å²) in [5.41, 5.74) is 0.968. The average molecular weight is 469 g/mol. The number of ether oxygens (including phenoxy) is 1. The number of methoxy groups -OCH3 is 1. The molecular weight excluding hydrogens is 438 g/mol. The Morgan fingerprint density at radius 1 is 1.09 bits per heavy atom. The third kappa shape index (κ3) is 7.47. The molecule has 0 fully saturated rings. The SMILES string of the molecule is COc1ccc([C@H](CC(C)C)NC(=O)CCCN(c2ccc(F)c(F)c2)S(C)(=O)=O)cc1. The summed E-state index contributed by atoms with van der Waals surface area (Å²) >= 11 is 0. The van der Waals surface area contributed by atoms with Gasteiger partial charge in [0.05, 0.1) is 25.1 Å². The molecule has 0 saturated carbocycles. The van der Waals surface area contributed by atoms with Crippen molar-refractivity contribution in [2.24, 2.45) is 5.92 Å². The summed E-state index contributed by atoms with van der Waals surface area (Å²) in [5.74, 6) is -1.34. The highest BCUT2D eigenvalue weighted by atomic mass is 32.2. The molecule has 2 rings (SSSR count). The molecule has 0 aromatic heterocycles. The number of rotatable bonds is 11. The van der Waals surface area contributed by atoms with Gasteiger partial charge in [-0.3, -0.25) is 9.10 Å². The van der Waals surface area contributed by atoms with Crippen LogP contribution in [0.3, 0.4) is 0 Å². The zero-order chi connectivity index (χ0) is 23.9. The first kappa shape index (κ1) is 25.6. The number of hydrogen-bond acceptors (Lipinski definition) is 4. The predicted molar refractivity (Wildman–Crippen MR) is 121 cm³/mol. The number of sulfonamides is 1. The molecule has 0 aliphatic rings. The fourth-order valence-electron chi connectivity index (χ4n) is 3.36. The van der Waals surface area contributed by atoms with E-state index >= 15 is 0 Å². The topological polar surface area (TPSA) is 75.7 Å². The minimum absolute atomic E-state index is 0.0164. The highest BCUT2D eigenvalue weighted by molar-refractivity contribution is 7.92. The van der Waals surface area contributed by atoms with Gasteiger partial charge >= 0.3 is 0 Å². The fraction of sp³-hybridized carbons (Fsp3) is 0.435. The smallest absolute Gasteiger partial charge is 0.232 e. The fourth-order valence-corrected chi connectivity index (χ4v) is 4.32. The molecule has 0 saturated heterocycles. The Morgan fingerprint density at radius 3 is 2.28 bits per heavy atom. The second-order valence-corrected chi connectivity index (χ2v) is 9.97. The van der Waals surface area contributed by atoms with E-state index in [4.69, 9.17) is 4.74 Å². The standard InChI is InChI=1S/C23H30F2N2O4S/c1-16(2)14-22(17-7-10-19(31-3)11-8-17)26-23(28)6-5-13-27(32(4,29)30)18-9-12-20(24)21(25)15-18/h7-12,15-16,22H,5-6,13-14H2,1-4H3,(H,26,28)/t22-/m0/s1. The maximum Gasteiger partial charge on any atom is 0.232 e. The summed E-state index contributed by atoms with van der Waals surface area (Å²) in [7, 11) is -2.15. The van der Waals surface area contributed by atoms with E-state index in [2.05, 4.69) is 19.2 Å². The van der Waals surface area contributed by atoms with E-state index in [0.29, 0.717) is 5.92 Å². The molecule has 0 bridgehead atoms. The van der Waals surface area contributed by atoms with Gasteiger partial charge in [-0.15, -0.1) is 0 Å². The molecule has 6 nitrogen and oxygen atoms in total. The minimum Gasteiger partial charge on any atom is -0.497 e. The Bertz CT molecular complexity index is 1010. The van der Waals surface area contributed by atoms with E-state index in [0.717, 1.165) is 40.4 Å². The van der Waals surface area contributed by atoms with E-state index in [-0.39, 0.29) is 37.0 Å². The van der Waals surface area contributed by atoms with Gasteiger partial charge in [0.25, 0.3) is 0 Å². The molecule has 1 amide bonds.